The lowest BCUT2D eigenvalue weighted by molar-refractivity contribution is 0.150. The molecule has 0 amide bonds. The van der Waals surface area contributed by atoms with E-state index >= 15 is 0 Å². The monoisotopic (exact) mass is 239 g/mol. The molecule has 1 unspecified atom stereocenters. The van der Waals surface area contributed by atoms with Crippen molar-refractivity contribution in [2.45, 2.75) is 6.92 Å². The average molecular weight is 240 g/mol. The molecule has 3 nitrogen and oxygen atoms in total. The maximum Gasteiger partial charge on any atom is 0.0558 e. The molecule has 0 aromatic heterocycles. The zero-order valence-electron chi connectivity index (χ0n) is 7.54. The number of hydrogen-bond donors (Lipinski definition) is 2. The molecular formula is C8H18BrNO2. The molecule has 0 radical (unpaired) electrons. The molecule has 74 valence electrons. The first-order valence-electron chi connectivity index (χ1n) is 4.24. The van der Waals surface area contributed by atoms with E-state index in [1.54, 1.807) is 0 Å². The Labute approximate surface area is 82.5 Å². The van der Waals surface area contributed by atoms with Gasteiger partial charge in [0, 0.05) is 25.0 Å². The van der Waals surface area contributed by atoms with Crippen LogP contribution in [0, 0.1) is 5.92 Å². The molecule has 2 N–H and O–H groups in total. The standard InChI is InChI=1S/C8H18BrNO2/c1-8(6-9)7-10(2-4-11)3-5-12/h8,11-12H,2-7H2,1H3. The summed E-state index contributed by atoms with van der Waals surface area (Å²) in [6, 6.07) is 0. The number of aliphatic hydroxyl groups excluding tert-OH is 2. The highest BCUT2D eigenvalue weighted by molar-refractivity contribution is 9.09. The minimum absolute atomic E-state index is 0.162. The zero-order chi connectivity index (χ0) is 9.40. The molecule has 0 heterocycles. The van der Waals surface area contributed by atoms with Crippen molar-refractivity contribution < 1.29 is 10.2 Å². The predicted molar refractivity (Wildman–Crippen MR) is 53.6 cm³/mol. The van der Waals surface area contributed by atoms with Crippen molar-refractivity contribution in [2.75, 3.05) is 38.2 Å². The van der Waals surface area contributed by atoms with Gasteiger partial charge in [-0.1, -0.05) is 22.9 Å². The SMILES string of the molecule is CC(CBr)CN(CCO)CCO. The van der Waals surface area contributed by atoms with Crippen LogP contribution in [-0.4, -0.2) is 53.3 Å². The maximum atomic E-state index is 8.71. The van der Waals surface area contributed by atoms with Gasteiger partial charge in [-0.3, -0.25) is 4.90 Å². The number of hydrogen-bond acceptors (Lipinski definition) is 3. The summed E-state index contributed by atoms with van der Waals surface area (Å²) in [4.78, 5) is 2.06. The Kier molecular flexibility index (Phi) is 8.22. The number of rotatable bonds is 7. The van der Waals surface area contributed by atoms with Crippen molar-refractivity contribution in [1.29, 1.82) is 0 Å². The Morgan fingerprint density at radius 2 is 1.75 bits per heavy atom. The molecule has 1 atom stereocenters. The Morgan fingerprint density at radius 3 is 2.08 bits per heavy atom. The third kappa shape index (κ3) is 5.94. The average Bonchev–Trinajstić information content (AvgIpc) is 2.05. The molecule has 0 bridgehead atoms. The Morgan fingerprint density at radius 1 is 1.25 bits per heavy atom. The fourth-order valence-electron chi connectivity index (χ4n) is 1.07. The van der Waals surface area contributed by atoms with Crippen molar-refractivity contribution in [1.82, 2.24) is 4.90 Å². The van der Waals surface area contributed by atoms with Gasteiger partial charge in [0.25, 0.3) is 0 Å². The highest BCUT2D eigenvalue weighted by Gasteiger charge is 2.07. The quantitative estimate of drug-likeness (QED) is 0.629. The highest BCUT2D eigenvalue weighted by Crippen LogP contribution is 2.02. The largest absolute Gasteiger partial charge is 0.395 e. The first-order valence-corrected chi connectivity index (χ1v) is 5.36. The van der Waals surface area contributed by atoms with E-state index in [9.17, 15) is 0 Å². The van der Waals surface area contributed by atoms with Crippen LogP contribution < -0.4 is 0 Å². The van der Waals surface area contributed by atoms with Gasteiger partial charge in [0.15, 0.2) is 0 Å². The van der Waals surface area contributed by atoms with Crippen LogP contribution in [0.2, 0.25) is 0 Å². The van der Waals surface area contributed by atoms with Gasteiger partial charge in [0.2, 0.25) is 0 Å². The van der Waals surface area contributed by atoms with Crippen LogP contribution in [0.4, 0.5) is 0 Å². The third-order valence-electron chi connectivity index (χ3n) is 1.67. The minimum atomic E-state index is 0.162. The van der Waals surface area contributed by atoms with E-state index in [0.29, 0.717) is 19.0 Å². The van der Waals surface area contributed by atoms with Crippen LogP contribution in [0.5, 0.6) is 0 Å². The van der Waals surface area contributed by atoms with Gasteiger partial charge < -0.3 is 10.2 Å². The van der Waals surface area contributed by atoms with Gasteiger partial charge in [-0.05, 0) is 5.92 Å². The first kappa shape index (κ1) is 12.4. The molecule has 12 heavy (non-hydrogen) atoms. The van der Waals surface area contributed by atoms with Crippen LogP contribution in [0.1, 0.15) is 6.92 Å². The lowest BCUT2D eigenvalue weighted by Crippen LogP contribution is -2.34. The van der Waals surface area contributed by atoms with Crippen molar-refractivity contribution in [3.63, 3.8) is 0 Å². The lowest BCUT2D eigenvalue weighted by Gasteiger charge is -2.22. The number of alkyl halides is 1. The van der Waals surface area contributed by atoms with Gasteiger partial charge in [0.05, 0.1) is 13.2 Å². The van der Waals surface area contributed by atoms with Crippen molar-refractivity contribution in [2.24, 2.45) is 5.92 Å². The highest BCUT2D eigenvalue weighted by atomic mass is 79.9. The van der Waals surface area contributed by atoms with Gasteiger partial charge >= 0.3 is 0 Å². The van der Waals surface area contributed by atoms with E-state index in [1.165, 1.54) is 0 Å². The summed E-state index contributed by atoms with van der Waals surface area (Å²) in [5.41, 5.74) is 0. The fourth-order valence-corrected chi connectivity index (χ4v) is 1.27. The van der Waals surface area contributed by atoms with Gasteiger partial charge in [-0.15, -0.1) is 0 Å². The van der Waals surface area contributed by atoms with Crippen molar-refractivity contribution in [3.05, 3.63) is 0 Å². The van der Waals surface area contributed by atoms with Crippen molar-refractivity contribution in [3.8, 4) is 0 Å². The normalized spacial score (nSPS) is 13.8. The zero-order valence-corrected chi connectivity index (χ0v) is 9.13. The van der Waals surface area contributed by atoms with E-state index in [-0.39, 0.29) is 13.2 Å². The summed E-state index contributed by atoms with van der Waals surface area (Å²) in [6.07, 6.45) is 0. The van der Waals surface area contributed by atoms with E-state index in [4.69, 9.17) is 10.2 Å². The van der Waals surface area contributed by atoms with Crippen LogP contribution in [0.3, 0.4) is 0 Å². The molecule has 0 aliphatic heterocycles. The van der Waals surface area contributed by atoms with Gasteiger partial charge in [0.1, 0.15) is 0 Å². The molecule has 4 heteroatoms. The Bertz CT molecular complexity index is 97.1. The minimum Gasteiger partial charge on any atom is -0.395 e. The summed E-state index contributed by atoms with van der Waals surface area (Å²) in [7, 11) is 0. The maximum absolute atomic E-state index is 8.71. The molecule has 0 saturated heterocycles. The molecule has 0 fully saturated rings. The molecule has 0 rings (SSSR count). The second kappa shape index (κ2) is 7.98. The molecule has 0 aliphatic carbocycles. The van der Waals surface area contributed by atoms with Crippen LogP contribution in [0.25, 0.3) is 0 Å². The smallest absolute Gasteiger partial charge is 0.0558 e. The number of halogens is 1. The van der Waals surface area contributed by atoms with Gasteiger partial charge in [-0.2, -0.15) is 0 Å². The summed E-state index contributed by atoms with van der Waals surface area (Å²) in [5, 5.41) is 18.4. The topological polar surface area (TPSA) is 43.7 Å². The van der Waals surface area contributed by atoms with E-state index < -0.39 is 0 Å². The molecular weight excluding hydrogens is 222 g/mol. The molecule has 0 saturated carbocycles. The molecule has 0 aromatic rings. The van der Waals surface area contributed by atoms with Crippen molar-refractivity contribution >= 4 is 15.9 Å². The summed E-state index contributed by atoms with van der Waals surface area (Å²) in [6.45, 7) is 4.68. The van der Waals surface area contributed by atoms with Crippen LogP contribution >= 0.6 is 15.9 Å². The van der Waals surface area contributed by atoms with Crippen LogP contribution in [-0.2, 0) is 0 Å². The summed E-state index contributed by atoms with van der Waals surface area (Å²) in [5.74, 6) is 0.558. The van der Waals surface area contributed by atoms with E-state index in [1.807, 2.05) is 0 Å². The van der Waals surface area contributed by atoms with Crippen LogP contribution in [0.15, 0.2) is 0 Å². The summed E-state index contributed by atoms with van der Waals surface area (Å²) < 4.78 is 0. The Balaban J connectivity index is 3.61. The third-order valence-corrected chi connectivity index (χ3v) is 2.77. The summed E-state index contributed by atoms with van der Waals surface area (Å²) >= 11 is 3.39. The molecule has 0 aromatic carbocycles. The number of nitrogens with zero attached hydrogens (tertiary/aromatic N) is 1. The van der Waals surface area contributed by atoms with E-state index in [0.717, 1.165) is 11.9 Å². The van der Waals surface area contributed by atoms with E-state index in [2.05, 4.69) is 27.8 Å². The number of aliphatic hydroxyl groups is 2. The fraction of sp³-hybridized carbons (Fsp3) is 1.00. The predicted octanol–water partition coefficient (Wildman–Crippen LogP) is 0.304. The second-order valence-electron chi connectivity index (χ2n) is 3.01. The molecule has 0 aliphatic rings. The lowest BCUT2D eigenvalue weighted by atomic mass is 10.2. The molecule has 0 spiro atoms. The Hall–Kier alpha value is 0.360. The second-order valence-corrected chi connectivity index (χ2v) is 3.65. The first-order chi connectivity index (χ1) is 5.74. The van der Waals surface area contributed by atoms with Gasteiger partial charge in [-0.25, -0.2) is 0 Å².